The van der Waals surface area contributed by atoms with Gasteiger partial charge < -0.3 is 9.94 Å². The summed E-state index contributed by atoms with van der Waals surface area (Å²) in [5.74, 6) is -1.99. The van der Waals surface area contributed by atoms with Crippen LogP contribution in [0, 0.1) is 0 Å². The molecule has 0 bridgehead atoms. The molecule has 0 aromatic heterocycles. The molecule has 116 valence electrons. The van der Waals surface area contributed by atoms with Crippen LogP contribution in [0.25, 0.3) is 0 Å². The number of rotatable bonds is 3. The summed E-state index contributed by atoms with van der Waals surface area (Å²) < 4.78 is 36.2. The van der Waals surface area contributed by atoms with Crippen LogP contribution in [0.1, 0.15) is 12.8 Å². The van der Waals surface area contributed by atoms with E-state index in [1.54, 1.807) is 36.0 Å². The second-order valence-electron chi connectivity index (χ2n) is 4.62. The molecule has 0 spiro atoms. The lowest BCUT2D eigenvalue weighted by Crippen LogP contribution is -2.40. The molecular formula is C13H14F3NO3S. The molecule has 0 amide bonds. The maximum atomic E-state index is 12.1. The number of aromatic hydroxyl groups is 1. The third-order valence-corrected chi connectivity index (χ3v) is 4.33. The average molecular weight is 321 g/mol. The Balaban J connectivity index is 1.78. The number of hydroxylamine groups is 2. The van der Waals surface area contributed by atoms with Gasteiger partial charge in [-0.2, -0.15) is 13.2 Å². The Labute approximate surface area is 123 Å². The minimum atomic E-state index is -4.96. The van der Waals surface area contributed by atoms with Crippen molar-refractivity contribution < 1.29 is 27.9 Å². The third kappa shape index (κ3) is 4.82. The predicted molar refractivity (Wildman–Crippen MR) is 70.7 cm³/mol. The van der Waals surface area contributed by atoms with Crippen molar-refractivity contribution in [2.24, 2.45) is 0 Å². The standard InChI is InChI=1S/C13H14F3NO3S/c14-13(15,16)12(19)20-17-7-5-11(6-8-17)21-10-3-1-9(18)2-4-10/h1-4,11,18H,5-8H2. The number of alkyl halides is 3. The van der Waals surface area contributed by atoms with Crippen LogP contribution in [0.3, 0.4) is 0 Å². The molecule has 4 nitrogen and oxygen atoms in total. The number of hydrogen-bond donors (Lipinski definition) is 1. The predicted octanol–water partition coefficient (Wildman–Crippen LogP) is 2.97. The van der Waals surface area contributed by atoms with Gasteiger partial charge in [0.2, 0.25) is 0 Å². The molecule has 1 aromatic rings. The zero-order valence-electron chi connectivity index (χ0n) is 11.0. The Morgan fingerprint density at radius 1 is 1.24 bits per heavy atom. The lowest BCUT2D eigenvalue weighted by molar-refractivity contribution is -0.240. The van der Waals surface area contributed by atoms with E-state index in [2.05, 4.69) is 4.84 Å². The van der Waals surface area contributed by atoms with Crippen LogP contribution in [-0.4, -0.2) is 40.7 Å². The molecule has 1 aromatic carbocycles. The van der Waals surface area contributed by atoms with Gasteiger partial charge in [0.05, 0.1) is 0 Å². The van der Waals surface area contributed by atoms with E-state index in [-0.39, 0.29) is 24.1 Å². The number of thioether (sulfide) groups is 1. The number of carbonyl (C=O) groups excluding carboxylic acids is 1. The first-order valence-corrected chi connectivity index (χ1v) is 7.22. The number of phenolic OH excluding ortho intramolecular Hbond substituents is 1. The maximum Gasteiger partial charge on any atom is 0.492 e. The molecule has 21 heavy (non-hydrogen) atoms. The second kappa shape index (κ2) is 6.57. The minimum Gasteiger partial charge on any atom is -0.508 e. The molecule has 0 radical (unpaired) electrons. The van der Waals surface area contributed by atoms with Crippen LogP contribution >= 0.6 is 11.8 Å². The van der Waals surface area contributed by atoms with Crippen LogP contribution in [0.15, 0.2) is 29.2 Å². The van der Waals surface area contributed by atoms with Crippen LogP contribution in [0.5, 0.6) is 5.75 Å². The number of phenols is 1. The summed E-state index contributed by atoms with van der Waals surface area (Å²) in [6.45, 7) is 0.551. The molecule has 8 heteroatoms. The van der Waals surface area contributed by atoms with E-state index in [0.29, 0.717) is 12.8 Å². The van der Waals surface area contributed by atoms with Crippen molar-refractivity contribution in [2.45, 2.75) is 29.2 Å². The Kier molecular flexibility index (Phi) is 5.00. The molecule has 0 saturated carbocycles. The fraction of sp³-hybridized carbons (Fsp3) is 0.462. The van der Waals surface area contributed by atoms with E-state index in [1.165, 1.54) is 0 Å². The Morgan fingerprint density at radius 3 is 2.33 bits per heavy atom. The van der Waals surface area contributed by atoms with Crippen molar-refractivity contribution in [1.82, 2.24) is 5.06 Å². The molecule has 2 rings (SSSR count). The third-order valence-electron chi connectivity index (χ3n) is 2.98. The quantitative estimate of drug-likeness (QED) is 0.927. The van der Waals surface area contributed by atoms with E-state index in [1.807, 2.05) is 0 Å². The summed E-state index contributed by atoms with van der Waals surface area (Å²) in [5, 5.41) is 10.5. The highest BCUT2D eigenvalue weighted by Gasteiger charge is 2.42. The van der Waals surface area contributed by atoms with Crippen molar-refractivity contribution >= 4 is 17.7 Å². The summed E-state index contributed by atoms with van der Waals surface area (Å²) in [6, 6.07) is 6.75. The van der Waals surface area contributed by atoms with E-state index in [9.17, 15) is 23.1 Å². The zero-order valence-corrected chi connectivity index (χ0v) is 11.8. The SMILES string of the molecule is O=C(ON1CCC(Sc2ccc(O)cc2)CC1)C(F)(F)F. The zero-order chi connectivity index (χ0) is 15.5. The van der Waals surface area contributed by atoms with Gasteiger partial charge in [-0.3, -0.25) is 0 Å². The minimum absolute atomic E-state index is 0.188. The highest BCUT2D eigenvalue weighted by Crippen LogP contribution is 2.31. The smallest absolute Gasteiger partial charge is 0.492 e. The first-order chi connectivity index (χ1) is 9.84. The molecule has 0 unspecified atom stereocenters. The molecule has 1 heterocycles. The van der Waals surface area contributed by atoms with Crippen molar-refractivity contribution in [3.8, 4) is 5.75 Å². The summed E-state index contributed by atoms with van der Waals surface area (Å²) >= 11 is 1.60. The number of benzene rings is 1. The molecule has 1 N–H and O–H groups in total. The first-order valence-electron chi connectivity index (χ1n) is 6.34. The Hall–Kier alpha value is -1.41. The summed E-state index contributed by atoms with van der Waals surface area (Å²) in [5.41, 5.74) is 0. The molecule has 0 aliphatic carbocycles. The fourth-order valence-electron chi connectivity index (χ4n) is 1.93. The van der Waals surface area contributed by atoms with Crippen LogP contribution < -0.4 is 0 Å². The fourth-order valence-corrected chi connectivity index (χ4v) is 3.05. The lowest BCUT2D eigenvalue weighted by Gasteiger charge is -2.30. The normalized spacial score (nSPS) is 17.7. The van der Waals surface area contributed by atoms with Gasteiger partial charge in [-0.1, -0.05) is 0 Å². The number of nitrogens with zero attached hydrogens (tertiary/aromatic N) is 1. The number of piperidine rings is 1. The highest BCUT2D eigenvalue weighted by atomic mass is 32.2. The van der Waals surface area contributed by atoms with E-state index < -0.39 is 12.1 Å². The number of halogens is 3. The molecular weight excluding hydrogens is 307 g/mol. The van der Waals surface area contributed by atoms with Gasteiger partial charge in [-0.25, -0.2) is 4.79 Å². The summed E-state index contributed by atoms with van der Waals surface area (Å²) in [7, 11) is 0. The van der Waals surface area contributed by atoms with Crippen molar-refractivity contribution in [3.63, 3.8) is 0 Å². The summed E-state index contributed by atoms with van der Waals surface area (Å²) in [4.78, 5) is 16.0. The lowest BCUT2D eigenvalue weighted by atomic mass is 10.1. The van der Waals surface area contributed by atoms with Gasteiger partial charge in [0, 0.05) is 23.2 Å². The second-order valence-corrected chi connectivity index (χ2v) is 5.99. The number of carbonyl (C=O) groups is 1. The van der Waals surface area contributed by atoms with Gasteiger partial charge in [0.1, 0.15) is 5.75 Å². The molecule has 1 aliphatic rings. The Bertz CT molecular complexity index is 484. The van der Waals surface area contributed by atoms with Crippen LogP contribution in [0.2, 0.25) is 0 Å². The topological polar surface area (TPSA) is 49.8 Å². The van der Waals surface area contributed by atoms with E-state index in [0.717, 1.165) is 9.96 Å². The first kappa shape index (κ1) is 16.0. The molecule has 1 fully saturated rings. The van der Waals surface area contributed by atoms with Gasteiger partial charge in [0.15, 0.2) is 0 Å². The van der Waals surface area contributed by atoms with Crippen LogP contribution in [-0.2, 0) is 9.63 Å². The Morgan fingerprint density at radius 2 is 1.81 bits per heavy atom. The number of hydrogen-bond acceptors (Lipinski definition) is 5. The van der Waals surface area contributed by atoms with E-state index >= 15 is 0 Å². The maximum absolute atomic E-state index is 12.1. The van der Waals surface area contributed by atoms with Crippen molar-refractivity contribution in [3.05, 3.63) is 24.3 Å². The van der Waals surface area contributed by atoms with Gasteiger partial charge in [-0.15, -0.1) is 16.8 Å². The van der Waals surface area contributed by atoms with Gasteiger partial charge in [0.25, 0.3) is 0 Å². The highest BCUT2D eigenvalue weighted by molar-refractivity contribution is 8.00. The largest absolute Gasteiger partial charge is 0.508 e. The molecule has 1 aliphatic heterocycles. The van der Waals surface area contributed by atoms with Crippen LogP contribution in [0.4, 0.5) is 13.2 Å². The van der Waals surface area contributed by atoms with Crippen molar-refractivity contribution in [2.75, 3.05) is 13.1 Å². The van der Waals surface area contributed by atoms with Gasteiger partial charge >= 0.3 is 12.1 Å². The molecule has 0 atom stereocenters. The average Bonchev–Trinajstić information content (AvgIpc) is 2.42. The van der Waals surface area contributed by atoms with Crippen molar-refractivity contribution in [1.29, 1.82) is 0 Å². The van der Waals surface area contributed by atoms with E-state index in [4.69, 9.17) is 0 Å². The van der Waals surface area contributed by atoms with Gasteiger partial charge in [-0.05, 0) is 37.1 Å². The summed E-state index contributed by atoms with van der Waals surface area (Å²) in [6.07, 6.45) is -3.72. The molecule has 1 saturated heterocycles. The monoisotopic (exact) mass is 321 g/mol.